The number of nitrogens with zero attached hydrogens (tertiary/aromatic N) is 2. The number of ketones is 2. The van der Waals surface area contributed by atoms with Gasteiger partial charge in [0.05, 0.1) is 29.0 Å². The lowest BCUT2D eigenvalue weighted by atomic mass is 9.86. The van der Waals surface area contributed by atoms with E-state index >= 15 is 0 Å². The van der Waals surface area contributed by atoms with Gasteiger partial charge >= 0.3 is 5.97 Å². The van der Waals surface area contributed by atoms with Crippen LogP contribution in [0.4, 0.5) is 0 Å². The summed E-state index contributed by atoms with van der Waals surface area (Å²) < 4.78 is 6.72. The molecule has 0 amide bonds. The van der Waals surface area contributed by atoms with Gasteiger partial charge in [-0.3, -0.25) is 14.4 Å². The van der Waals surface area contributed by atoms with Gasteiger partial charge in [0.2, 0.25) is 0 Å². The van der Waals surface area contributed by atoms with E-state index in [0.29, 0.717) is 28.9 Å². The SMILES string of the molecule is C=CC(C1=CC(=O)C=CC1=O)c1ccccc1.CCC1(O)C(=O)OCc2c1cc1n(c2=O)Cc2cc3ccccc3nc2-1. The minimum absolute atomic E-state index is 0.110. The standard InChI is InChI=1S/C20H16N2O4.C15H12O2/c1-2-20(25)14-8-16-17-12(7-11-5-3-4-6-15(11)21-17)9-22(16)18(23)13(14)10-26-19(20)24;1-2-13(11-6-4-3-5-7-11)14-10-12(16)8-9-15(14)17/h3-8,25H,2,9-10H2,1H3;2-10,13H,1H2. The van der Waals surface area contributed by atoms with Crippen molar-refractivity contribution in [3.8, 4) is 11.4 Å². The molecule has 2 atom stereocenters. The molecule has 0 saturated heterocycles. The Morgan fingerprint density at radius 2 is 1.79 bits per heavy atom. The van der Waals surface area contributed by atoms with Gasteiger partial charge in [-0.25, -0.2) is 9.78 Å². The number of cyclic esters (lactones) is 1. The van der Waals surface area contributed by atoms with Crippen LogP contribution in [-0.4, -0.2) is 32.2 Å². The average molecular weight is 573 g/mol. The minimum atomic E-state index is -1.79. The van der Waals surface area contributed by atoms with Gasteiger partial charge in [0.25, 0.3) is 5.56 Å². The topological polar surface area (TPSA) is 116 Å². The van der Waals surface area contributed by atoms with Crippen LogP contribution in [0.25, 0.3) is 22.3 Å². The Balaban J connectivity index is 0.000000168. The summed E-state index contributed by atoms with van der Waals surface area (Å²) in [4.78, 5) is 53.0. The number of esters is 1. The molecule has 43 heavy (non-hydrogen) atoms. The molecular formula is C35H28N2O6. The molecule has 8 heteroatoms. The third-order valence-corrected chi connectivity index (χ3v) is 8.13. The highest BCUT2D eigenvalue weighted by molar-refractivity contribution is 6.18. The summed E-state index contributed by atoms with van der Waals surface area (Å²) in [5.41, 5.74) is 3.26. The van der Waals surface area contributed by atoms with Crippen molar-refractivity contribution in [2.45, 2.75) is 38.0 Å². The first-order chi connectivity index (χ1) is 20.7. The number of hydrogen-bond acceptors (Lipinski definition) is 7. The van der Waals surface area contributed by atoms with Gasteiger partial charge in [-0.05, 0) is 48.4 Å². The van der Waals surface area contributed by atoms with E-state index in [-0.39, 0.29) is 36.1 Å². The second kappa shape index (κ2) is 10.9. The van der Waals surface area contributed by atoms with Crippen molar-refractivity contribution in [3.63, 3.8) is 0 Å². The number of aromatic nitrogens is 2. The fraction of sp³-hybridized carbons (Fsp3) is 0.171. The van der Waals surface area contributed by atoms with Crippen molar-refractivity contribution in [3.05, 3.63) is 136 Å². The molecule has 2 unspecified atom stereocenters. The summed E-state index contributed by atoms with van der Waals surface area (Å²) in [5, 5.41) is 11.8. The summed E-state index contributed by atoms with van der Waals surface area (Å²) in [6, 6.07) is 21.1. The molecule has 4 heterocycles. The number of benzene rings is 2. The molecule has 8 nitrogen and oxygen atoms in total. The molecule has 2 aromatic carbocycles. The average Bonchev–Trinajstić information content (AvgIpc) is 3.39. The summed E-state index contributed by atoms with van der Waals surface area (Å²) in [6.07, 6.45) is 5.82. The van der Waals surface area contributed by atoms with E-state index in [1.807, 2.05) is 60.7 Å². The molecule has 0 bridgehead atoms. The number of carbonyl (C=O) groups is 3. The van der Waals surface area contributed by atoms with Crippen molar-refractivity contribution < 1.29 is 24.2 Å². The van der Waals surface area contributed by atoms with Crippen molar-refractivity contribution in [1.82, 2.24) is 9.55 Å². The van der Waals surface area contributed by atoms with Gasteiger partial charge in [-0.2, -0.15) is 0 Å². The first kappa shape index (κ1) is 27.9. The summed E-state index contributed by atoms with van der Waals surface area (Å²) in [7, 11) is 0. The Hall–Kier alpha value is -5.21. The molecule has 214 valence electrons. The molecule has 4 aromatic rings. The number of allylic oxidation sites excluding steroid dienone is 5. The third-order valence-electron chi connectivity index (χ3n) is 8.13. The molecule has 3 aliphatic rings. The van der Waals surface area contributed by atoms with Crippen LogP contribution < -0.4 is 5.56 Å². The number of aliphatic hydroxyl groups is 1. The fourth-order valence-corrected chi connectivity index (χ4v) is 5.80. The number of para-hydroxylation sites is 1. The maximum atomic E-state index is 13.0. The molecule has 1 aliphatic carbocycles. The van der Waals surface area contributed by atoms with Crippen LogP contribution in [0.15, 0.2) is 108 Å². The predicted octanol–water partition coefficient (Wildman–Crippen LogP) is 4.67. The first-order valence-corrected chi connectivity index (χ1v) is 14.0. The molecule has 0 saturated carbocycles. The Morgan fingerprint density at radius 1 is 1.05 bits per heavy atom. The number of pyridine rings is 2. The molecule has 0 fully saturated rings. The predicted molar refractivity (Wildman–Crippen MR) is 161 cm³/mol. The molecular weight excluding hydrogens is 544 g/mol. The summed E-state index contributed by atoms with van der Waals surface area (Å²) in [5.74, 6) is -1.21. The highest BCUT2D eigenvalue weighted by atomic mass is 16.6. The monoisotopic (exact) mass is 572 g/mol. The lowest BCUT2D eigenvalue weighted by molar-refractivity contribution is -0.172. The van der Waals surface area contributed by atoms with E-state index in [0.717, 1.165) is 27.7 Å². The molecule has 2 aliphatic heterocycles. The van der Waals surface area contributed by atoms with Crippen LogP contribution in [0.1, 0.15) is 41.5 Å². The van der Waals surface area contributed by atoms with Crippen LogP contribution in [-0.2, 0) is 37.9 Å². The lowest BCUT2D eigenvalue weighted by Gasteiger charge is -2.31. The number of ether oxygens (including phenoxy) is 1. The number of rotatable bonds is 4. The van der Waals surface area contributed by atoms with Crippen LogP contribution >= 0.6 is 0 Å². The van der Waals surface area contributed by atoms with E-state index in [1.54, 1.807) is 23.6 Å². The molecule has 2 aromatic heterocycles. The smallest absolute Gasteiger partial charge is 0.343 e. The van der Waals surface area contributed by atoms with Crippen LogP contribution in [0, 0.1) is 0 Å². The number of hydrogen-bond donors (Lipinski definition) is 1. The van der Waals surface area contributed by atoms with Crippen molar-refractivity contribution in [1.29, 1.82) is 0 Å². The van der Waals surface area contributed by atoms with E-state index < -0.39 is 11.6 Å². The third kappa shape index (κ3) is 4.75. The van der Waals surface area contributed by atoms with Crippen molar-refractivity contribution in [2.75, 3.05) is 0 Å². The van der Waals surface area contributed by atoms with Crippen molar-refractivity contribution in [2.24, 2.45) is 0 Å². The second-order valence-electron chi connectivity index (χ2n) is 10.6. The maximum Gasteiger partial charge on any atom is 0.343 e. The van der Waals surface area contributed by atoms with Crippen LogP contribution in [0.5, 0.6) is 0 Å². The zero-order valence-electron chi connectivity index (χ0n) is 23.4. The lowest BCUT2D eigenvalue weighted by Crippen LogP contribution is -2.44. The zero-order valence-corrected chi connectivity index (χ0v) is 23.4. The van der Waals surface area contributed by atoms with Crippen LogP contribution in [0.2, 0.25) is 0 Å². The Labute approximate surface area is 247 Å². The molecule has 1 N–H and O–H groups in total. The largest absolute Gasteiger partial charge is 0.458 e. The highest BCUT2D eigenvalue weighted by Crippen LogP contribution is 2.38. The van der Waals surface area contributed by atoms with Gasteiger partial charge in [-0.1, -0.05) is 61.5 Å². The Bertz CT molecular complexity index is 1950. The van der Waals surface area contributed by atoms with Gasteiger partial charge in [0.15, 0.2) is 17.2 Å². The molecule has 0 spiro atoms. The van der Waals surface area contributed by atoms with E-state index in [4.69, 9.17) is 9.72 Å². The molecule has 7 rings (SSSR count). The van der Waals surface area contributed by atoms with Crippen LogP contribution in [0.3, 0.4) is 0 Å². The second-order valence-corrected chi connectivity index (χ2v) is 10.6. The van der Waals surface area contributed by atoms with Gasteiger partial charge < -0.3 is 14.4 Å². The fourth-order valence-electron chi connectivity index (χ4n) is 5.80. The number of fused-ring (bicyclic) bond motifs is 5. The van der Waals surface area contributed by atoms with Gasteiger partial charge in [-0.15, -0.1) is 6.58 Å². The first-order valence-electron chi connectivity index (χ1n) is 14.0. The van der Waals surface area contributed by atoms with E-state index in [9.17, 15) is 24.3 Å². The Morgan fingerprint density at radius 3 is 2.53 bits per heavy atom. The van der Waals surface area contributed by atoms with Crippen molar-refractivity contribution >= 4 is 28.4 Å². The minimum Gasteiger partial charge on any atom is -0.458 e. The van der Waals surface area contributed by atoms with E-state index in [1.165, 1.54) is 18.2 Å². The summed E-state index contributed by atoms with van der Waals surface area (Å²) in [6.45, 7) is 5.75. The normalized spacial score (nSPS) is 18.9. The number of carbonyl (C=O) groups excluding carboxylic acids is 3. The van der Waals surface area contributed by atoms with Gasteiger partial charge in [0, 0.05) is 28.0 Å². The highest BCUT2D eigenvalue weighted by Gasteiger charge is 2.45. The maximum absolute atomic E-state index is 13.0. The van der Waals surface area contributed by atoms with E-state index in [2.05, 4.69) is 6.58 Å². The Kier molecular flexibility index (Phi) is 7.07. The molecule has 0 radical (unpaired) electrons. The quantitative estimate of drug-likeness (QED) is 0.189. The zero-order chi connectivity index (χ0) is 30.3. The van der Waals surface area contributed by atoms with Gasteiger partial charge in [0.1, 0.15) is 6.61 Å². The summed E-state index contributed by atoms with van der Waals surface area (Å²) >= 11 is 0.